The molecule has 0 radical (unpaired) electrons. The zero-order valence-corrected chi connectivity index (χ0v) is 14.4. The molecule has 0 fully saturated rings. The first-order valence-corrected chi connectivity index (χ1v) is 8.77. The maximum absolute atomic E-state index is 13.7. The van der Waals surface area contributed by atoms with Crippen molar-refractivity contribution in [2.24, 2.45) is 0 Å². The SMILES string of the molecule is Cc1cc(F)cc(Oc2ccc(S(=O)(=O)C(F)(F)F)c3c2OC(F)(F)C3=O)c1. The average molecular weight is 426 g/mol. The summed E-state index contributed by atoms with van der Waals surface area (Å²) in [5.41, 5.74) is -6.97. The fraction of sp³-hybridized carbons (Fsp3) is 0.188. The van der Waals surface area contributed by atoms with Crippen molar-refractivity contribution in [3.63, 3.8) is 0 Å². The highest BCUT2D eigenvalue weighted by atomic mass is 32.2. The van der Waals surface area contributed by atoms with E-state index in [9.17, 15) is 39.6 Å². The van der Waals surface area contributed by atoms with Gasteiger partial charge in [-0.2, -0.15) is 22.0 Å². The molecule has 0 atom stereocenters. The Bertz CT molecular complexity index is 1070. The van der Waals surface area contributed by atoms with Gasteiger partial charge < -0.3 is 9.47 Å². The molecule has 0 amide bonds. The topological polar surface area (TPSA) is 69.7 Å². The van der Waals surface area contributed by atoms with Gasteiger partial charge in [-0.1, -0.05) is 0 Å². The summed E-state index contributed by atoms with van der Waals surface area (Å²) < 4.78 is 112. The number of Topliss-reactive ketones (excluding diaryl/α,β-unsaturated/α-hetero) is 1. The highest BCUT2D eigenvalue weighted by Crippen LogP contribution is 2.49. The Morgan fingerprint density at radius 1 is 1.11 bits per heavy atom. The maximum Gasteiger partial charge on any atom is 0.501 e. The van der Waals surface area contributed by atoms with E-state index in [0.29, 0.717) is 17.7 Å². The zero-order chi connectivity index (χ0) is 21.1. The van der Waals surface area contributed by atoms with E-state index in [1.54, 1.807) is 0 Å². The second kappa shape index (κ2) is 6.12. The van der Waals surface area contributed by atoms with Crippen LogP contribution in [0.1, 0.15) is 15.9 Å². The number of hydrogen-bond acceptors (Lipinski definition) is 5. The first-order valence-electron chi connectivity index (χ1n) is 7.29. The van der Waals surface area contributed by atoms with Gasteiger partial charge in [0.1, 0.15) is 11.6 Å². The zero-order valence-electron chi connectivity index (χ0n) is 13.6. The summed E-state index contributed by atoms with van der Waals surface area (Å²) in [6, 6.07) is 4.13. The first-order chi connectivity index (χ1) is 12.7. The molecule has 0 N–H and O–H groups in total. The van der Waals surface area contributed by atoms with Crippen molar-refractivity contribution in [3.05, 3.63) is 47.3 Å². The Morgan fingerprint density at radius 2 is 1.75 bits per heavy atom. The van der Waals surface area contributed by atoms with Crippen LogP contribution in [0.4, 0.5) is 26.3 Å². The van der Waals surface area contributed by atoms with Crippen molar-refractivity contribution in [1.29, 1.82) is 0 Å². The summed E-state index contributed by atoms with van der Waals surface area (Å²) in [4.78, 5) is 10.1. The summed E-state index contributed by atoms with van der Waals surface area (Å²) >= 11 is 0. The van der Waals surface area contributed by atoms with Gasteiger partial charge in [-0.05, 0) is 36.8 Å². The van der Waals surface area contributed by atoms with Crippen molar-refractivity contribution in [1.82, 2.24) is 0 Å². The monoisotopic (exact) mass is 426 g/mol. The van der Waals surface area contributed by atoms with Crippen LogP contribution < -0.4 is 9.47 Å². The van der Waals surface area contributed by atoms with Gasteiger partial charge in [0.15, 0.2) is 11.5 Å². The summed E-state index contributed by atoms with van der Waals surface area (Å²) in [6.07, 6.45) is -4.60. The third-order valence-electron chi connectivity index (χ3n) is 3.64. The van der Waals surface area contributed by atoms with Gasteiger partial charge in [-0.25, -0.2) is 12.8 Å². The van der Waals surface area contributed by atoms with E-state index in [2.05, 4.69) is 4.74 Å². The molecule has 1 aliphatic rings. The molecule has 0 unspecified atom stereocenters. The number of alkyl halides is 5. The van der Waals surface area contributed by atoms with Crippen LogP contribution in [-0.4, -0.2) is 25.8 Å². The highest BCUT2D eigenvalue weighted by molar-refractivity contribution is 7.92. The molecule has 12 heteroatoms. The lowest BCUT2D eigenvalue weighted by atomic mass is 10.1. The Morgan fingerprint density at radius 3 is 2.32 bits per heavy atom. The van der Waals surface area contributed by atoms with Gasteiger partial charge in [-0.3, -0.25) is 4.79 Å². The number of ketones is 1. The molecule has 0 aromatic heterocycles. The molecule has 3 rings (SSSR count). The highest BCUT2D eigenvalue weighted by Gasteiger charge is 2.57. The van der Waals surface area contributed by atoms with E-state index in [4.69, 9.17) is 4.74 Å². The molecule has 0 spiro atoms. The summed E-state index contributed by atoms with van der Waals surface area (Å²) in [6.45, 7) is 1.48. The van der Waals surface area contributed by atoms with Gasteiger partial charge in [0.2, 0.25) is 0 Å². The third-order valence-corrected chi connectivity index (χ3v) is 5.17. The van der Waals surface area contributed by atoms with Crippen molar-refractivity contribution in [2.75, 3.05) is 0 Å². The second-order valence-electron chi connectivity index (χ2n) is 5.73. The number of hydrogen-bond donors (Lipinski definition) is 0. The van der Waals surface area contributed by atoms with Crippen LogP contribution >= 0.6 is 0 Å². The molecule has 0 saturated heterocycles. The molecule has 0 saturated carbocycles. The van der Waals surface area contributed by atoms with Crippen LogP contribution in [0, 0.1) is 12.7 Å². The van der Waals surface area contributed by atoms with Crippen LogP contribution in [0.5, 0.6) is 17.2 Å². The lowest BCUT2D eigenvalue weighted by Gasteiger charge is -2.14. The first kappa shape index (κ1) is 20.0. The van der Waals surface area contributed by atoms with Gasteiger partial charge in [0, 0.05) is 6.07 Å². The Kier molecular flexibility index (Phi) is 4.37. The standard InChI is InChI=1S/C16H8F6O5S/c1-7-4-8(17)6-9(5-7)26-10-2-3-11(28(24,25)16(20,21)22)12-13(10)27-15(18,19)14(12)23/h2-6H,1H3. The van der Waals surface area contributed by atoms with Crippen molar-refractivity contribution >= 4 is 15.6 Å². The van der Waals surface area contributed by atoms with Gasteiger partial charge in [0.05, 0.1) is 10.5 Å². The fourth-order valence-corrected chi connectivity index (χ4v) is 3.45. The Balaban J connectivity index is 2.20. The predicted molar refractivity (Wildman–Crippen MR) is 80.8 cm³/mol. The summed E-state index contributed by atoms with van der Waals surface area (Å²) in [5, 5.41) is 0. The lowest BCUT2D eigenvalue weighted by Crippen LogP contribution is -2.30. The minimum Gasteiger partial charge on any atom is -0.453 e. The van der Waals surface area contributed by atoms with Gasteiger partial charge in [-0.15, -0.1) is 0 Å². The van der Waals surface area contributed by atoms with Crippen molar-refractivity contribution in [3.8, 4) is 17.2 Å². The number of rotatable bonds is 3. The Labute approximate surface area is 153 Å². The maximum atomic E-state index is 13.7. The van der Waals surface area contributed by atoms with E-state index < -0.39 is 55.0 Å². The molecule has 0 bridgehead atoms. The van der Waals surface area contributed by atoms with Crippen LogP contribution in [0.15, 0.2) is 35.2 Å². The summed E-state index contributed by atoms with van der Waals surface area (Å²) in [7, 11) is -6.14. The van der Waals surface area contributed by atoms with Crippen LogP contribution in [0.25, 0.3) is 0 Å². The Hall–Kier alpha value is -2.76. The summed E-state index contributed by atoms with van der Waals surface area (Å²) in [5.74, 6) is -5.15. The quantitative estimate of drug-likeness (QED) is 0.681. The lowest BCUT2D eigenvalue weighted by molar-refractivity contribution is -0.124. The number of carbonyl (C=O) groups excluding carboxylic acids is 1. The number of ether oxygens (including phenoxy) is 2. The van der Waals surface area contributed by atoms with E-state index >= 15 is 0 Å². The molecule has 1 heterocycles. The number of benzene rings is 2. The molecule has 0 aliphatic carbocycles. The number of carbonyl (C=O) groups is 1. The van der Waals surface area contributed by atoms with E-state index in [1.807, 2.05) is 0 Å². The fourth-order valence-electron chi connectivity index (χ4n) is 2.50. The van der Waals surface area contributed by atoms with Crippen molar-refractivity contribution in [2.45, 2.75) is 23.4 Å². The molecule has 2 aromatic carbocycles. The molecule has 150 valence electrons. The van der Waals surface area contributed by atoms with Crippen molar-refractivity contribution < 1.29 is 49.0 Å². The number of sulfone groups is 1. The molecule has 2 aromatic rings. The molecule has 5 nitrogen and oxygen atoms in total. The van der Waals surface area contributed by atoms with Gasteiger partial charge in [0.25, 0.3) is 15.6 Å². The van der Waals surface area contributed by atoms with E-state index in [0.717, 1.165) is 12.1 Å². The largest absolute Gasteiger partial charge is 0.501 e. The molecule has 1 aliphatic heterocycles. The van der Waals surface area contributed by atoms with Crippen LogP contribution in [0.3, 0.4) is 0 Å². The number of fused-ring (bicyclic) bond motifs is 1. The van der Waals surface area contributed by atoms with E-state index in [1.165, 1.54) is 13.0 Å². The number of halogens is 6. The van der Waals surface area contributed by atoms with E-state index in [-0.39, 0.29) is 5.75 Å². The van der Waals surface area contributed by atoms with Crippen LogP contribution in [0.2, 0.25) is 0 Å². The van der Waals surface area contributed by atoms with Crippen LogP contribution in [-0.2, 0) is 9.84 Å². The molecular weight excluding hydrogens is 418 g/mol. The molecular formula is C16H8F6O5S. The smallest absolute Gasteiger partial charge is 0.453 e. The second-order valence-corrected chi connectivity index (χ2v) is 7.64. The minimum atomic E-state index is -6.14. The number of aryl methyl sites for hydroxylation is 1. The van der Waals surface area contributed by atoms with Gasteiger partial charge >= 0.3 is 11.6 Å². The average Bonchev–Trinajstić information content (AvgIpc) is 2.76. The normalized spacial score (nSPS) is 15.9. The molecule has 28 heavy (non-hydrogen) atoms. The third kappa shape index (κ3) is 3.17. The predicted octanol–water partition coefficient (Wildman–Crippen LogP) is 4.39. The minimum absolute atomic E-state index is 0.239.